The van der Waals surface area contributed by atoms with Gasteiger partial charge in [-0.05, 0) is 34.1 Å². The zero-order valence-electron chi connectivity index (χ0n) is 10.5. The summed E-state index contributed by atoms with van der Waals surface area (Å²) in [7, 11) is 0. The molecule has 1 rings (SSSR count). The fourth-order valence-electron chi connectivity index (χ4n) is 1.79. The third kappa shape index (κ3) is 1.40. The van der Waals surface area contributed by atoms with Crippen LogP contribution in [0.1, 0.15) is 48.0 Å². The van der Waals surface area contributed by atoms with Gasteiger partial charge < -0.3 is 0 Å². The van der Waals surface area contributed by atoms with E-state index in [1.807, 2.05) is 41.5 Å². The maximum atomic E-state index is 12.0. The highest BCUT2D eigenvalue weighted by Crippen LogP contribution is 2.48. The van der Waals surface area contributed by atoms with Gasteiger partial charge in [0.25, 0.3) is 0 Å². The van der Waals surface area contributed by atoms with Crippen LogP contribution >= 0.6 is 0 Å². The first-order valence-electron chi connectivity index (χ1n) is 5.56. The average Bonchev–Trinajstić information content (AvgIpc) is 2.15. The number of carbonyl (C=O) groups is 2. The summed E-state index contributed by atoms with van der Waals surface area (Å²) in [5, 5.41) is 0. The normalized spacial score (nSPS) is 24.7. The molecule has 3 nitrogen and oxygen atoms in total. The Morgan fingerprint density at radius 2 is 1.80 bits per heavy atom. The van der Waals surface area contributed by atoms with E-state index in [1.54, 1.807) is 0 Å². The molecule has 1 fully saturated rings. The Morgan fingerprint density at radius 3 is 2.13 bits per heavy atom. The Labute approximate surface area is 91.8 Å². The van der Waals surface area contributed by atoms with Crippen molar-refractivity contribution in [3.63, 3.8) is 0 Å². The SMILES string of the molecule is CCC(C)C(=O)N1C(=O)C(C)(C)C1(C)C. The van der Waals surface area contributed by atoms with Gasteiger partial charge in [0.1, 0.15) is 0 Å². The van der Waals surface area contributed by atoms with Crippen molar-refractivity contribution < 1.29 is 9.59 Å². The van der Waals surface area contributed by atoms with Crippen LogP contribution in [0.25, 0.3) is 0 Å². The molecule has 0 N–H and O–H groups in total. The number of carbonyl (C=O) groups excluding carboxylic acids is 2. The molecular weight excluding hydrogens is 190 g/mol. The second-order valence-electron chi connectivity index (χ2n) is 5.47. The number of hydrogen-bond acceptors (Lipinski definition) is 2. The molecule has 1 atom stereocenters. The third-order valence-electron chi connectivity index (χ3n) is 4.08. The van der Waals surface area contributed by atoms with Crippen molar-refractivity contribution in [2.75, 3.05) is 0 Å². The minimum atomic E-state index is -0.421. The summed E-state index contributed by atoms with van der Waals surface area (Å²) in [6.45, 7) is 11.5. The Balaban J connectivity index is 2.92. The Bertz CT molecular complexity index is 305. The summed E-state index contributed by atoms with van der Waals surface area (Å²) >= 11 is 0. The van der Waals surface area contributed by atoms with Gasteiger partial charge in [0.05, 0.1) is 11.0 Å². The maximum absolute atomic E-state index is 12.0. The van der Waals surface area contributed by atoms with Crippen LogP contribution in [0.3, 0.4) is 0 Å². The first-order valence-corrected chi connectivity index (χ1v) is 5.56. The molecule has 0 aromatic rings. The monoisotopic (exact) mass is 211 g/mol. The van der Waals surface area contributed by atoms with Crippen molar-refractivity contribution in [3.05, 3.63) is 0 Å². The van der Waals surface area contributed by atoms with Gasteiger partial charge in [-0.1, -0.05) is 13.8 Å². The molecule has 0 spiro atoms. The van der Waals surface area contributed by atoms with E-state index < -0.39 is 5.41 Å². The van der Waals surface area contributed by atoms with Gasteiger partial charge in [0, 0.05) is 5.92 Å². The van der Waals surface area contributed by atoms with Crippen molar-refractivity contribution in [1.29, 1.82) is 0 Å². The van der Waals surface area contributed by atoms with Crippen LogP contribution < -0.4 is 0 Å². The molecule has 86 valence electrons. The zero-order chi connectivity index (χ0) is 12.0. The highest BCUT2D eigenvalue weighted by molar-refractivity contribution is 6.05. The third-order valence-corrected chi connectivity index (χ3v) is 4.08. The van der Waals surface area contributed by atoms with Crippen LogP contribution in [-0.4, -0.2) is 22.3 Å². The van der Waals surface area contributed by atoms with E-state index in [0.717, 1.165) is 6.42 Å². The largest absolute Gasteiger partial charge is 0.275 e. The van der Waals surface area contributed by atoms with Crippen LogP contribution in [0.15, 0.2) is 0 Å². The van der Waals surface area contributed by atoms with E-state index >= 15 is 0 Å². The lowest BCUT2D eigenvalue weighted by molar-refractivity contribution is -0.190. The summed E-state index contributed by atoms with van der Waals surface area (Å²) in [5.74, 6) is -0.144. The lowest BCUT2D eigenvalue weighted by Crippen LogP contribution is -2.75. The number of imide groups is 1. The summed E-state index contributed by atoms with van der Waals surface area (Å²) in [6.07, 6.45) is 0.777. The van der Waals surface area contributed by atoms with Crippen molar-refractivity contribution in [3.8, 4) is 0 Å². The fourth-order valence-corrected chi connectivity index (χ4v) is 1.79. The van der Waals surface area contributed by atoms with E-state index in [4.69, 9.17) is 0 Å². The Hall–Kier alpha value is -0.860. The van der Waals surface area contributed by atoms with Crippen molar-refractivity contribution in [2.45, 2.75) is 53.5 Å². The number of β-lactam (4-membered cyclic amide) rings is 1. The molecular formula is C12H21NO2. The molecule has 15 heavy (non-hydrogen) atoms. The number of hydrogen-bond donors (Lipinski definition) is 0. The molecule has 1 heterocycles. The summed E-state index contributed by atoms with van der Waals surface area (Å²) in [4.78, 5) is 25.3. The van der Waals surface area contributed by atoms with Gasteiger partial charge >= 0.3 is 0 Å². The lowest BCUT2D eigenvalue weighted by Gasteiger charge is -2.58. The van der Waals surface area contributed by atoms with Gasteiger partial charge in [0.2, 0.25) is 11.8 Å². The zero-order valence-corrected chi connectivity index (χ0v) is 10.5. The van der Waals surface area contributed by atoms with Gasteiger partial charge in [-0.2, -0.15) is 0 Å². The number of likely N-dealkylation sites (tertiary alicyclic amines) is 1. The number of nitrogens with zero attached hydrogens (tertiary/aromatic N) is 1. The Morgan fingerprint density at radius 1 is 1.33 bits per heavy atom. The molecule has 0 radical (unpaired) electrons. The van der Waals surface area contributed by atoms with Crippen molar-refractivity contribution in [1.82, 2.24) is 4.90 Å². The quantitative estimate of drug-likeness (QED) is 0.657. The Kier molecular flexibility index (Phi) is 2.71. The number of amides is 2. The van der Waals surface area contributed by atoms with E-state index in [-0.39, 0.29) is 23.3 Å². The lowest BCUT2D eigenvalue weighted by atomic mass is 9.64. The first-order chi connectivity index (χ1) is 6.67. The standard InChI is InChI=1S/C12H21NO2/c1-7-8(2)9(14)13-10(15)11(3,4)12(13,5)6/h8H,7H2,1-6H3. The molecule has 0 aliphatic carbocycles. The van der Waals surface area contributed by atoms with Gasteiger partial charge in [-0.3, -0.25) is 14.5 Å². The van der Waals surface area contributed by atoms with E-state index in [1.165, 1.54) is 4.90 Å². The minimum absolute atomic E-state index is 0.0353. The van der Waals surface area contributed by atoms with Crippen LogP contribution in [0.5, 0.6) is 0 Å². The summed E-state index contributed by atoms with van der Waals surface area (Å²) in [6, 6.07) is 0. The predicted octanol–water partition coefficient (Wildman–Crippen LogP) is 2.21. The molecule has 0 bridgehead atoms. The van der Waals surface area contributed by atoms with Crippen LogP contribution in [0.2, 0.25) is 0 Å². The minimum Gasteiger partial charge on any atom is -0.275 e. The van der Waals surface area contributed by atoms with E-state index in [9.17, 15) is 9.59 Å². The first kappa shape index (κ1) is 12.2. The second kappa shape index (κ2) is 3.32. The van der Waals surface area contributed by atoms with Gasteiger partial charge in [0.15, 0.2) is 0 Å². The molecule has 0 saturated carbocycles. The van der Waals surface area contributed by atoms with E-state index in [2.05, 4.69) is 0 Å². The second-order valence-corrected chi connectivity index (χ2v) is 5.47. The molecule has 1 saturated heterocycles. The molecule has 0 aromatic heterocycles. The highest BCUT2D eigenvalue weighted by atomic mass is 16.2. The van der Waals surface area contributed by atoms with Gasteiger partial charge in [-0.15, -0.1) is 0 Å². The van der Waals surface area contributed by atoms with Crippen LogP contribution in [0.4, 0.5) is 0 Å². The number of rotatable bonds is 2. The van der Waals surface area contributed by atoms with Crippen molar-refractivity contribution in [2.24, 2.45) is 11.3 Å². The fraction of sp³-hybridized carbons (Fsp3) is 0.833. The van der Waals surface area contributed by atoms with Gasteiger partial charge in [-0.25, -0.2) is 0 Å². The topological polar surface area (TPSA) is 37.4 Å². The molecule has 2 amide bonds. The highest BCUT2D eigenvalue weighted by Gasteiger charge is 2.62. The molecule has 1 aliphatic rings. The molecule has 0 aromatic carbocycles. The van der Waals surface area contributed by atoms with E-state index in [0.29, 0.717) is 0 Å². The maximum Gasteiger partial charge on any atom is 0.237 e. The predicted molar refractivity (Wildman–Crippen MR) is 59.2 cm³/mol. The van der Waals surface area contributed by atoms with Crippen molar-refractivity contribution >= 4 is 11.8 Å². The molecule has 3 heteroatoms. The smallest absolute Gasteiger partial charge is 0.237 e. The molecule has 1 aliphatic heterocycles. The van der Waals surface area contributed by atoms with Crippen LogP contribution in [0, 0.1) is 11.3 Å². The summed E-state index contributed by atoms with van der Waals surface area (Å²) in [5.41, 5.74) is -0.777. The van der Waals surface area contributed by atoms with Crippen LogP contribution in [-0.2, 0) is 9.59 Å². The molecule has 1 unspecified atom stereocenters. The average molecular weight is 211 g/mol. The summed E-state index contributed by atoms with van der Waals surface area (Å²) < 4.78 is 0.